The SMILES string of the molecule is CCCN(CC1CCCCN1)S(=O)(=O)NC(C)(C)C. The van der Waals surface area contributed by atoms with Crippen LogP contribution in [0.1, 0.15) is 53.4 Å². The van der Waals surface area contributed by atoms with Gasteiger partial charge in [-0.15, -0.1) is 0 Å². The molecular formula is C13H29N3O2S. The number of hydrogen-bond donors (Lipinski definition) is 2. The molecule has 6 heteroatoms. The molecule has 0 aromatic heterocycles. The maximum atomic E-state index is 12.4. The van der Waals surface area contributed by atoms with Crippen LogP contribution in [-0.2, 0) is 10.2 Å². The highest BCUT2D eigenvalue weighted by Crippen LogP contribution is 2.12. The van der Waals surface area contributed by atoms with Crippen molar-refractivity contribution in [2.24, 2.45) is 0 Å². The highest BCUT2D eigenvalue weighted by molar-refractivity contribution is 7.87. The van der Waals surface area contributed by atoms with Crippen LogP contribution in [0.15, 0.2) is 0 Å². The van der Waals surface area contributed by atoms with Crippen LogP contribution in [0.5, 0.6) is 0 Å². The lowest BCUT2D eigenvalue weighted by Gasteiger charge is -2.32. The molecular weight excluding hydrogens is 262 g/mol. The first-order valence-corrected chi connectivity index (χ1v) is 8.71. The third-order valence-corrected chi connectivity index (χ3v) is 4.97. The minimum atomic E-state index is -3.40. The fraction of sp³-hybridized carbons (Fsp3) is 1.00. The summed E-state index contributed by atoms with van der Waals surface area (Å²) in [6.07, 6.45) is 4.27. The van der Waals surface area contributed by atoms with Gasteiger partial charge in [0.25, 0.3) is 10.2 Å². The summed E-state index contributed by atoms with van der Waals surface area (Å²) in [7, 11) is -3.40. The number of rotatable bonds is 6. The molecule has 1 saturated heterocycles. The van der Waals surface area contributed by atoms with Gasteiger partial charge in [0, 0.05) is 24.7 Å². The zero-order valence-corrected chi connectivity index (χ0v) is 13.5. The van der Waals surface area contributed by atoms with Gasteiger partial charge in [0.05, 0.1) is 0 Å². The van der Waals surface area contributed by atoms with Crippen molar-refractivity contribution in [1.82, 2.24) is 14.3 Å². The summed E-state index contributed by atoms with van der Waals surface area (Å²) in [5, 5.41) is 3.41. The number of hydrogen-bond acceptors (Lipinski definition) is 3. The molecule has 0 aliphatic carbocycles. The number of nitrogens with zero attached hydrogens (tertiary/aromatic N) is 1. The topological polar surface area (TPSA) is 61.4 Å². The van der Waals surface area contributed by atoms with Crippen molar-refractivity contribution in [3.8, 4) is 0 Å². The van der Waals surface area contributed by atoms with Gasteiger partial charge in [0.15, 0.2) is 0 Å². The van der Waals surface area contributed by atoms with E-state index in [2.05, 4.69) is 10.0 Å². The van der Waals surface area contributed by atoms with Crippen molar-refractivity contribution in [1.29, 1.82) is 0 Å². The molecule has 1 aliphatic rings. The minimum Gasteiger partial charge on any atom is -0.313 e. The van der Waals surface area contributed by atoms with Crippen molar-refractivity contribution in [2.45, 2.75) is 65.0 Å². The summed E-state index contributed by atoms with van der Waals surface area (Å²) in [4.78, 5) is 0. The van der Waals surface area contributed by atoms with Crippen molar-refractivity contribution in [3.05, 3.63) is 0 Å². The third-order valence-electron chi connectivity index (χ3n) is 3.08. The Kier molecular flexibility index (Phi) is 6.23. The summed E-state index contributed by atoms with van der Waals surface area (Å²) in [6, 6.07) is 0.289. The van der Waals surface area contributed by atoms with E-state index in [4.69, 9.17) is 0 Å². The maximum Gasteiger partial charge on any atom is 0.279 e. The molecule has 1 unspecified atom stereocenters. The maximum absolute atomic E-state index is 12.4. The lowest BCUT2D eigenvalue weighted by atomic mass is 10.1. The first-order valence-electron chi connectivity index (χ1n) is 7.27. The predicted molar refractivity (Wildman–Crippen MR) is 79.3 cm³/mol. The lowest BCUT2D eigenvalue weighted by Crippen LogP contribution is -2.53. The number of nitrogens with one attached hydrogen (secondary N) is 2. The van der Waals surface area contributed by atoms with Gasteiger partial charge in [0.1, 0.15) is 0 Å². The molecule has 1 atom stereocenters. The molecule has 1 aliphatic heterocycles. The summed E-state index contributed by atoms with van der Waals surface area (Å²) in [5.41, 5.74) is -0.440. The molecule has 0 saturated carbocycles. The van der Waals surface area contributed by atoms with Crippen LogP contribution < -0.4 is 10.0 Å². The molecule has 0 spiro atoms. The second kappa shape index (κ2) is 7.02. The summed E-state index contributed by atoms with van der Waals surface area (Å²) in [6.45, 7) is 9.75. The van der Waals surface area contributed by atoms with E-state index < -0.39 is 15.7 Å². The normalized spacial score (nSPS) is 21.8. The standard InChI is InChI=1S/C13H29N3O2S/c1-5-10-16(11-12-8-6-7-9-14-12)19(17,18)15-13(2,3)4/h12,14-15H,5-11H2,1-4H3. The first kappa shape index (κ1) is 16.9. The van der Waals surface area contributed by atoms with Crippen LogP contribution in [-0.4, -0.2) is 43.9 Å². The van der Waals surface area contributed by atoms with E-state index in [1.807, 2.05) is 27.7 Å². The van der Waals surface area contributed by atoms with Gasteiger partial charge in [-0.05, 0) is 46.6 Å². The van der Waals surface area contributed by atoms with Crippen molar-refractivity contribution < 1.29 is 8.42 Å². The number of piperidine rings is 1. The van der Waals surface area contributed by atoms with Crippen LogP contribution in [0.25, 0.3) is 0 Å². The van der Waals surface area contributed by atoms with E-state index in [9.17, 15) is 8.42 Å². The Bertz CT molecular complexity index is 357. The highest BCUT2D eigenvalue weighted by atomic mass is 32.2. The molecule has 1 heterocycles. The third kappa shape index (κ3) is 6.21. The van der Waals surface area contributed by atoms with Crippen LogP contribution in [0.4, 0.5) is 0 Å². The van der Waals surface area contributed by atoms with Crippen LogP contribution in [0, 0.1) is 0 Å². The Morgan fingerprint density at radius 3 is 2.47 bits per heavy atom. The Labute approximate surface area is 118 Å². The molecule has 19 heavy (non-hydrogen) atoms. The monoisotopic (exact) mass is 291 g/mol. The molecule has 0 amide bonds. The molecule has 1 rings (SSSR count). The van der Waals surface area contributed by atoms with Crippen LogP contribution in [0.3, 0.4) is 0 Å². The second-order valence-electron chi connectivity index (χ2n) is 6.36. The molecule has 0 bridgehead atoms. The Morgan fingerprint density at radius 2 is 2.00 bits per heavy atom. The van der Waals surface area contributed by atoms with Gasteiger partial charge in [-0.2, -0.15) is 17.4 Å². The van der Waals surface area contributed by atoms with E-state index in [0.29, 0.717) is 13.1 Å². The smallest absolute Gasteiger partial charge is 0.279 e. The zero-order chi connectivity index (χ0) is 14.5. The Hall–Kier alpha value is -0.170. The molecule has 2 N–H and O–H groups in total. The van der Waals surface area contributed by atoms with E-state index in [1.165, 1.54) is 12.8 Å². The second-order valence-corrected chi connectivity index (χ2v) is 8.03. The summed E-state index contributed by atoms with van der Waals surface area (Å²) in [5.74, 6) is 0. The van der Waals surface area contributed by atoms with Crippen molar-refractivity contribution in [2.75, 3.05) is 19.6 Å². The van der Waals surface area contributed by atoms with E-state index in [0.717, 1.165) is 19.4 Å². The van der Waals surface area contributed by atoms with Gasteiger partial charge in [0.2, 0.25) is 0 Å². The zero-order valence-electron chi connectivity index (χ0n) is 12.7. The van der Waals surface area contributed by atoms with Crippen LogP contribution in [0.2, 0.25) is 0 Å². The lowest BCUT2D eigenvalue weighted by molar-refractivity contribution is 0.305. The molecule has 5 nitrogen and oxygen atoms in total. The molecule has 1 fully saturated rings. The summed E-state index contributed by atoms with van der Waals surface area (Å²) < 4.78 is 29.1. The van der Waals surface area contributed by atoms with E-state index in [1.54, 1.807) is 4.31 Å². The average molecular weight is 291 g/mol. The largest absolute Gasteiger partial charge is 0.313 e. The predicted octanol–water partition coefficient (Wildman–Crippen LogP) is 1.47. The van der Waals surface area contributed by atoms with Gasteiger partial charge in [-0.25, -0.2) is 0 Å². The highest BCUT2D eigenvalue weighted by Gasteiger charge is 2.28. The average Bonchev–Trinajstić information content (AvgIpc) is 2.26. The Balaban J connectivity index is 2.69. The van der Waals surface area contributed by atoms with E-state index >= 15 is 0 Å². The van der Waals surface area contributed by atoms with Crippen molar-refractivity contribution in [3.63, 3.8) is 0 Å². The fourth-order valence-corrected chi connectivity index (χ4v) is 4.04. The molecule has 0 aromatic carbocycles. The van der Waals surface area contributed by atoms with Gasteiger partial charge in [-0.1, -0.05) is 13.3 Å². The minimum absolute atomic E-state index is 0.289. The van der Waals surface area contributed by atoms with Crippen LogP contribution >= 0.6 is 0 Å². The van der Waals surface area contributed by atoms with Crippen molar-refractivity contribution >= 4 is 10.2 Å². The van der Waals surface area contributed by atoms with E-state index in [-0.39, 0.29) is 6.04 Å². The van der Waals surface area contributed by atoms with Gasteiger partial charge >= 0.3 is 0 Å². The molecule has 0 radical (unpaired) electrons. The fourth-order valence-electron chi connectivity index (χ4n) is 2.34. The van der Waals surface area contributed by atoms with Gasteiger partial charge < -0.3 is 5.32 Å². The van der Waals surface area contributed by atoms with Gasteiger partial charge in [-0.3, -0.25) is 0 Å². The molecule has 114 valence electrons. The quantitative estimate of drug-likeness (QED) is 0.779. The Morgan fingerprint density at radius 1 is 1.32 bits per heavy atom. The first-order chi connectivity index (χ1) is 8.74. The summed E-state index contributed by atoms with van der Waals surface area (Å²) >= 11 is 0. The molecule has 0 aromatic rings.